The highest BCUT2D eigenvalue weighted by molar-refractivity contribution is 7.18. The van der Waals surface area contributed by atoms with E-state index in [9.17, 15) is 4.79 Å². The third kappa shape index (κ3) is 1.53. The maximum Gasteiger partial charge on any atom is 0.278 e. The molecule has 1 aliphatic rings. The van der Waals surface area contributed by atoms with Crippen molar-refractivity contribution in [2.45, 2.75) is 25.7 Å². The third-order valence-corrected chi connectivity index (χ3v) is 4.63. The topological polar surface area (TPSA) is 89.4 Å². The minimum atomic E-state index is -0.106. The smallest absolute Gasteiger partial charge is 0.268 e. The minimum absolute atomic E-state index is 0.106. The highest BCUT2D eigenvalue weighted by Gasteiger charge is 2.20. The van der Waals surface area contributed by atoms with Crippen LogP contribution in [0.25, 0.3) is 16.2 Å². The van der Waals surface area contributed by atoms with Gasteiger partial charge in [-0.2, -0.15) is 5.21 Å². The number of aromatic nitrogens is 6. The quantitative estimate of drug-likeness (QED) is 0.710. The summed E-state index contributed by atoms with van der Waals surface area (Å²) in [7, 11) is 0. The van der Waals surface area contributed by atoms with Crippen molar-refractivity contribution in [1.82, 2.24) is 30.2 Å². The molecule has 96 valence electrons. The van der Waals surface area contributed by atoms with Crippen molar-refractivity contribution in [2.24, 2.45) is 0 Å². The van der Waals surface area contributed by atoms with Crippen molar-refractivity contribution in [3.8, 4) is 5.95 Å². The average molecular weight is 274 g/mol. The van der Waals surface area contributed by atoms with E-state index < -0.39 is 0 Å². The van der Waals surface area contributed by atoms with Crippen LogP contribution in [0, 0.1) is 0 Å². The van der Waals surface area contributed by atoms with Crippen molar-refractivity contribution in [3.63, 3.8) is 0 Å². The van der Waals surface area contributed by atoms with Gasteiger partial charge >= 0.3 is 0 Å². The molecule has 0 aliphatic heterocycles. The summed E-state index contributed by atoms with van der Waals surface area (Å²) in [6.45, 7) is 0. The van der Waals surface area contributed by atoms with Crippen LogP contribution in [0.2, 0.25) is 0 Å². The van der Waals surface area contributed by atoms with E-state index in [1.54, 1.807) is 11.3 Å². The Morgan fingerprint density at radius 1 is 1.32 bits per heavy atom. The Balaban J connectivity index is 2.05. The third-order valence-electron chi connectivity index (χ3n) is 3.43. The molecular formula is C11H10N6OS. The number of aryl methyl sites for hydroxylation is 2. The number of fused-ring (bicyclic) bond motifs is 3. The number of H-pyrrole nitrogens is 1. The fraction of sp³-hybridized carbons (Fsp3) is 0.364. The van der Waals surface area contributed by atoms with Crippen LogP contribution in [0.4, 0.5) is 0 Å². The number of rotatable bonds is 1. The summed E-state index contributed by atoms with van der Waals surface area (Å²) in [5.41, 5.74) is 1.06. The normalized spacial score (nSPS) is 14.7. The lowest BCUT2D eigenvalue weighted by atomic mass is 9.97. The van der Waals surface area contributed by atoms with E-state index in [1.165, 1.54) is 27.8 Å². The fourth-order valence-corrected chi connectivity index (χ4v) is 3.77. The predicted octanol–water partition coefficient (Wildman–Crippen LogP) is 0.839. The second-order valence-electron chi connectivity index (χ2n) is 4.52. The average Bonchev–Trinajstić information content (AvgIpc) is 3.05. The molecule has 19 heavy (non-hydrogen) atoms. The molecule has 0 amide bonds. The van der Waals surface area contributed by atoms with Crippen molar-refractivity contribution < 1.29 is 0 Å². The molecule has 4 rings (SSSR count). The van der Waals surface area contributed by atoms with Gasteiger partial charge in [-0.1, -0.05) is 5.10 Å². The van der Waals surface area contributed by atoms with Gasteiger partial charge in [-0.05, 0) is 36.5 Å². The Kier molecular flexibility index (Phi) is 2.25. The van der Waals surface area contributed by atoms with E-state index in [0.717, 1.165) is 29.5 Å². The van der Waals surface area contributed by atoms with Gasteiger partial charge in [0.1, 0.15) is 11.2 Å². The van der Waals surface area contributed by atoms with Gasteiger partial charge in [-0.25, -0.2) is 9.55 Å². The molecule has 3 aromatic heterocycles. The minimum Gasteiger partial charge on any atom is -0.268 e. The molecule has 0 bridgehead atoms. The van der Waals surface area contributed by atoms with E-state index in [-0.39, 0.29) is 11.5 Å². The molecular weight excluding hydrogens is 264 g/mol. The standard InChI is InChI=1S/C11H10N6OS/c18-10-8-6-3-1-2-4-7(6)19-9(8)12-5-17(10)11-13-15-16-14-11/h5H,1-4H2,(H,13,14,15,16). The maximum absolute atomic E-state index is 12.6. The first-order valence-electron chi connectivity index (χ1n) is 6.10. The summed E-state index contributed by atoms with van der Waals surface area (Å²) < 4.78 is 1.34. The molecule has 7 nitrogen and oxygen atoms in total. The molecule has 0 aromatic carbocycles. The lowest BCUT2D eigenvalue weighted by Gasteiger charge is -2.09. The van der Waals surface area contributed by atoms with Crippen LogP contribution in [0.5, 0.6) is 0 Å². The highest BCUT2D eigenvalue weighted by Crippen LogP contribution is 2.33. The first-order valence-corrected chi connectivity index (χ1v) is 6.92. The van der Waals surface area contributed by atoms with Crippen LogP contribution in [0.1, 0.15) is 23.3 Å². The van der Waals surface area contributed by atoms with Crippen molar-refractivity contribution in [2.75, 3.05) is 0 Å². The molecule has 3 heterocycles. The number of thiophene rings is 1. The molecule has 0 unspecified atom stereocenters. The second kappa shape index (κ2) is 3.95. The first kappa shape index (κ1) is 10.8. The van der Waals surface area contributed by atoms with E-state index in [0.29, 0.717) is 0 Å². The van der Waals surface area contributed by atoms with E-state index in [2.05, 4.69) is 25.6 Å². The number of nitrogens with one attached hydrogen (secondary N) is 1. The Hall–Kier alpha value is -2.09. The molecule has 0 saturated heterocycles. The van der Waals surface area contributed by atoms with Gasteiger partial charge in [0.15, 0.2) is 0 Å². The fourth-order valence-electron chi connectivity index (χ4n) is 2.55. The Morgan fingerprint density at radius 2 is 2.21 bits per heavy atom. The molecule has 0 spiro atoms. The maximum atomic E-state index is 12.6. The van der Waals surface area contributed by atoms with Crippen LogP contribution in [-0.4, -0.2) is 30.2 Å². The van der Waals surface area contributed by atoms with Gasteiger partial charge in [-0.15, -0.1) is 16.4 Å². The monoisotopic (exact) mass is 274 g/mol. The lowest BCUT2D eigenvalue weighted by molar-refractivity contribution is 0.699. The SMILES string of the molecule is O=c1c2c3c(sc2ncn1-c1nn[nH]n1)CCCC3. The van der Waals surface area contributed by atoms with Crippen LogP contribution in [0.3, 0.4) is 0 Å². The number of tetrazole rings is 1. The molecule has 8 heteroatoms. The highest BCUT2D eigenvalue weighted by atomic mass is 32.1. The van der Waals surface area contributed by atoms with Crippen LogP contribution in [0.15, 0.2) is 11.1 Å². The molecule has 0 fully saturated rings. The summed E-state index contributed by atoms with van der Waals surface area (Å²) in [4.78, 5) is 19.0. The van der Waals surface area contributed by atoms with Gasteiger partial charge in [-0.3, -0.25) is 4.79 Å². The van der Waals surface area contributed by atoms with Crippen LogP contribution < -0.4 is 5.56 Å². The van der Waals surface area contributed by atoms with E-state index in [4.69, 9.17) is 0 Å². The molecule has 0 atom stereocenters. The zero-order valence-corrected chi connectivity index (χ0v) is 10.8. The van der Waals surface area contributed by atoms with Crippen LogP contribution >= 0.6 is 11.3 Å². The van der Waals surface area contributed by atoms with Gasteiger partial charge in [0.05, 0.1) is 5.39 Å². The largest absolute Gasteiger partial charge is 0.278 e. The summed E-state index contributed by atoms with van der Waals surface area (Å²) in [6, 6.07) is 0. The van der Waals surface area contributed by atoms with Gasteiger partial charge in [0.25, 0.3) is 11.5 Å². The van der Waals surface area contributed by atoms with Crippen LogP contribution in [-0.2, 0) is 12.8 Å². The zero-order valence-electron chi connectivity index (χ0n) is 9.96. The number of hydrogen-bond acceptors (Lipinski definition) is 6. The summed E-state index contributed by atoms with van der Waals surface area (Å²) in [5.74, 6) is 0.232. The Bertz CT molecular complexity index is 803. The summed E-state index contributed by atoms with van der Waals surface area (Å²) in [6.07, 6.45) is 5.81. The van der Waals surface area contributed by atoms with Gasteiger partial charge in [0, 0.05) is 4.88 Å². The van der Waals surface area contributed by atoms with Crippen molar-refractivity contribution in [1.29, 1.82) is 0 Å². The Labute approximate surface area is 111 Å². The molecule has 1 aliphatic carbocycles. The second-order valence-corrected chi connectivity index (χ2v) is 5.61. The Morgan fingerprint density at radius 3 is 3.05 bits per heavy atom. The van der Waals surface area contributed by atoms with Gasteiger partial charge < -0.3 is 0 Å². The van der Waals surface area contributed by atoms with Gasteiger partial charge in [0.2, 0.25) is 0 Å². The lowest BCUT2D eigenvalue weighted by Crippen LogP contribution is -2.20. The number of aromatic amines is 1. The summed E-state index contributed by atoms with van der Waals surface area (Å²) in [5, 5.41) is 14.2. The molecule has 0 saturated carbocycles. The van der Waals surface area contributed by atoms with E-state index >= 15 is 0 Å². The first-order chi connectivity index (χ1) is 9.34. The van der Waals surface area contributed by atoms with E-state index in [1.807, 2.05) is 0 Å². The summed E-state index contributed by atoms with van der Waals surface area (Å²) >= 11 is 1.63. The predicted molar refractivity (Wildman–Crippen MR) is 69.6 cm³/mol. The number of nitrogens with zero attached hydrogens (tertiary/aromatic N) is 5. The molecule has 3 aromatic rings. The molecule has 1 N–H and O–H groups in total. The van der Waals surface area contributed by atoms with Crippen molar-refractivity contribution in [3.05, 3.63) is 27.1 Å². The zero-order chi connectivity index (χ0) is 12.8. The number of hydrogen-bond donors (Lipinski definition) is 1. The van der Waals surface area contributed by atoms with Crippen molar-refractivity contribution >= 4 is 21.6 Å². The molecule has 0 radical (unpaired) electrons.